The molecular weight excluding hydrogens is 486 g/mol. The smallest absolute Gasteiger partial charge is 0.263 e. The maximum atomic E-state index is 12.5. The third-order valence-electron chi connectivity index (χ3n) is 5.67. The van der Waals surface area contributed by atoms with Gasteiger partial charge in [0.1, 0.15) is 17.3 Å². The minimum Gasteiger partial charge on any atom is -0.490 e. The van der Waals surface area contributed by atoms with Gasteiger partial charge in [0.05, 0.1) is 5.02 Å². The van der Waals surface area contributed by atoms with Crippen LogP contribution in [0.25, 0.3) is 6.08 Å². The average molecular weight is 514 g/mol. The molecule has 0 aliphatic heterocycles. The van der Waals surface area contributed by atoms with Crippen LogP contribution < -0.4 is 20.5 Å². The largest absolute Gasteiger partial charge is 0.490 e. The van der Waals surface area contributed by atoms with E-state index in [0.717, 1.165) is 31.2 Å². The van der Waals surface area contributed by atoms with E-state index in [4.69, 9.17) is 22.1 Å². The van der Waals surface area contributed by atoms with Crippen LogP contribution in [0.4, 0.5) is 11.6 Å². The Labute approximate surface area is 210 Å². The number of anilines is 2. The van der Waals surface area contributed by atoms with E-state index in [1.54, 1.807) is 48.8 Å². The lowest BCUT2D eigenvalue weighted by Gasteiger charge is -2.26. The minimum absolute atomic E-state index is 0.0265. The van der Waals surface area contributed by atoms with Gasteiger partial charge in [0, 0.05) is 35.7 Å². The summed E-state index contributed by atoms with van der Waals surface area (Å²) in [5, 5.41) is 3.54. The van der Waals surface area contributed by atoms with Crippen molar-refractivity contribution in [2.75, 3.05) is 16.6 Å². The lowest BCUT2D eigenvalue weighted by atomic mass is 9.92. The molecule has 1 aliphatic carbocycles. The third-order valence-corrected chi connectivity index (χ3v) is 7.55. The monoisotopic (exact) mass is 513 g/mol. The van der Waals surface area contributed by atoms with Crippen molar-refractivity contribution in [3.63, 3.8) is 0 Å². The molecule has 0 radical (unpaired) electrons. The molecule has 4 N–H and O–H groups in total. The van der Waals surface area contributed by atoms with Crippen molar-refractivity contribution < 1.29 is 13.2 Å². The summed E-state index contributed by atoms with van der Waals surface area (Å²) in [6, 6.07) is 13.6. The molecule has 1 aliphatic rings. The predicted octanol–water partition coefficient (Wildman–Crippen LogP) is 4.70. The highest BCUT2D eigenvalue weighted by Gasteiger charge is 2.19. The van der Waals surface area contributed by atoms with E-state index in [1.807, 2.05) is 12.2 Å². The molecule has 8 nitrogen and oxygen atoms in total. The first-order valence-corrected chi connectivity index (χ1v) is 13.3. The van der Waals surface area contributed by atoms with Gasteiger partial charge in [-0.25, -0.2) is 18.4 Å². The summed E-state index contributed by atoms with van der Waals surface area (Å²) in [4.78, 5) is 8.80. The van der Waals surface area contributed by atoms with Crippen LogP contribution in [0.15, 0.2) is 71.9 Å². The maximum absolute atomic E-state index is 12.5. The molecule has 35 heavy (non-hydrogen) atoms. The van der Waals surface area contributed by atoms with E-state index in [2.05, 4.69) is 20.0 Å². The molecule has 184 valence electrons. The normalized spacial score (nSPS) is 18.3. The van der Waals surface area contributed by atoms with Gasteiger partial charge in [0.25, 0.3) is 10.0 Å². The Balaban J connectivity index is 1.24. The zero-order valence-electron chi connectivity index (χ0n) is 19.1. The van der Waals surface area contributed by atoms with E-state index >= 15 is 0 Å². The van der Waals surface area contributed by atoms with Crippen LogP contribution in [0.5, 0.6) is 5.75 Å². The second-order valence-electron chi connectivity index (χ2n) is 8.37. The Morgan fingerprint density at radius 2 is 1.71 bits per heavy atom. The lowest BCUT2D eigenvalue weighted by Crippen LogP contribution is -2.33. The number of aromatic nitrogens is 2. The summed E-state index contributed by atoms with van der Waals surface area (Å²) in [6.07, 6.45) is 11.4. The first-order valence-electron chi connectivity index (χ1n) is 11.4. The first kappa shape index (κ1) is 25.0. The molecule has 0 saturated heterocycles. The van der Waals surface area contributed by atoms with Gasteiger partial charge in [-0.3, -0.25) is 4.72 Å². The molecule has 0 spiro atoms. The maximum Gasteiger partial charge on any atom is 0.263 e. The van der Waals surface area contributed by atoms with Crippen LogP contribution in [0.3, 0.4) is 0 Å². The number of sulfonamides is 1. The summed E-state index contributed by atoms with van der Waals surface area (Å²) < 4.78 is 33.3. The summed E-state index contributed by atoms with van der Waals surface area (Å²) >= 11 is 6.01. The molecule has 1 heterocycles. The van der Waals surface area contributed by atoms with E-state index in [1.165, 1.54) is 12.1 Å². The summed E-state index contributed by atoms with van der Waals surface area (Å²) in [5.41, 5.74) is 7.23. The summed E-state index contributed by atoms with van der Waals surface area (Å²) in [5.74, 6) is 1.24. The van der Waals surface area contributed by atoms with Gasteiger partial charge in [-0.05, 0) is 68.2 Å². The van der Waals surface area contributed by atoms with Crippen molar-refractivity contribution in [1.29, 1.82) is 0 Å². The fourth-order valence-electron chi connectivity index (χ4n) is 3.77. The molecular formula is C25H28ClN5O3S. The van der Waals surface area contributed by atoms with Crippen LogP contribution in [-0.2, 0) is 10.0 Å². The molecule has 3 aromatic rings. The molecule has 4 rings (SSSR count). The van der Waals surface area contributed by atoms with Gasteiger partial charge in [0.15, 0.2) is 0 Å². The van der Waals surface area contributed by atoms with Gasteiger partial charge in [0.2, 0.25) is 5.95 Å². The van der Waals surface area contributed by atoms with E-state index in [9.17, 15) is 8.42 Å². The minimum atomic E-state index is -3.78. The molecule has 1 aromatic heterocycles. The van der Waals surface area contributed by atoms with Crippen molar-refractivity contribution in [3.05, 3.63) is 77.6 Å². The van der Waals surface area contributed by atoms with E-state index in [-0.39, 0.29) is 9.92 Å². The standard InChI is InChI=1S/C25H28ClN5O3S/c26-23-5-1-2-6-24(23)35(32,33)31-21-11-13-22(14-12-21)34-15-3-4-18-16-28-25(29-17-18)30-20-9-7-19(27)8-10-20/h1-6,11-14,16-17,19-20,31H,7-10,15,27H2,(H,28,29,30)/b4-3+. The topological polar surface area (TPSA) is 119 Å². The van der Waals surface area contributed by atoms with Gasteiger partial charge in [-0.15, -0.1) is 0 Å². The Bertz CT molecular complexity index is 1240. The highest BCUT2D eigenvalue weighted by atomic mass is 35.5. The Morgan fingerprint density at radius 3 is 2.40 bits per heavy atom. The molecule has 10 heteroatoms. The fourth-order valence-corrected chi connectivity index (χ4v) is 5.34. The van der Waals surface area contributed by atoms with Crippen LogP contribution in [0.1, 0.15) is 31.2 Å². The molecule has 1 fully saturated rings. The number of hydrogen-bond donors (Lipinski definition) is 3. The number of nitrogens with one attached hydrogen (secondary N) is 2. The van der Waals surface area contributed by atoms with Crippen molar-refractivity contribution in [2.24, 2.45) is 5.73 Å². The molecule has 2 aromatic carbocycles. The fraction of sp³-hybridized carbons (Fsp3) is 0.280. The molecule has 0 atom stereocenters. The predicted molar refractivity (Wildman–Crippen MR) is 139 cm³/mol. The molecule has 0 amide bonds. The van der Waals surface area contributed by atoms with Gasteiger partial charge in [-0.2, -0.15) is 0 Å². The zero-order valence-corrected chi connectivity index (χ0v) is 20.7. The summed E-state index contributed by atoms with van der Waals surface area (Å²) in [6.45, 7) is 0.340. The van der Waals surface area contributed by atoms with Gasteiger partial charge in [-0.1, -0.05) is 29.8 Å². The van der Waals surface area contributed by atoms with Crippen molar-refractivity contribution >= 4 is 39.3 Å². The SMILES string of the molecule is NC1CCC(Nc2ncc(/C=C/COc3ccc(NS(=O)(=O)c4ccccc4Cl)cc3)cn2)CC1. The van der Waals surface area contributed by atoms with Crippen LogP contribution >= 0.6 is 11.6 Å². The Kier molecular flexibility index (Phi) is 8.22. The summed E-state index contributed by atoms with van der Waals surface area (Å²) in [7, 11) is -3.78. The lowest BCUT2D eigenvalue weighted by molar-refractivity contribution is 0.363. The Morgan fingerprint density at radius 1 is 1.03 bits per heavy atom. The van der Waals surface area contributed by atoms with Crippen molar-refractivity contribution in [3.8, 4) is 5.75 Å². The number of rotatable bonds is 9. The number of nitrogens with zero attached hydrogens (tertiary/aromatic N) is 2. The highest BCUT2D eigenvalue weighted by Crippen LogP contribution is 2.24. The number of halogens is 1. The molecule has 0 unspecified atom stereocenters. The van der Waals surface area contributed by atoms with Crippen molar-refractivity contribution in [2.45, 2.75) is 42.7 Å². The number of benzene rings is 2. The van der Waals surface area contributed by atoms with Gasteiger partial charge < -0.3 is 15.8 Å². The highest BCUT2D eigenvalue weighted by molar-refractivity contribution is 7.92. The van der Waals surface area contributed by atoms with Crippen molar-refractivity contribution in [1.82, 2.24) is 9.97 Å². The second kappa shape index (κ2) is 11.5. The second-order valence-corrected chi connectivity index (χ2v) is 10.4. The van der Waals surface area contributed by atoms with E-state index < -0.39 is 10.0 Å². The van der Waals surface area contributed by atoms with Crippen LogP contribution in [-0.4, -0.2) is 37.1 Å². The number of nitrogens with two attached hydrogens (primary N) is 1. The third kappa shape index (κ3) is 7.17. The molecule has 1 saturated carbocycles. The Hall–Kier alpha value is -3.14. The first-order chi connectivity index (χ1) is 16.9. The van der Waals surface area contributed by atoms with Crippen LogP contribution in [0, 0.1) is 0 Å². The number of ether oxygens (including phenoxy) is 1. The molecule has 0 bridgehead atoms. The van der Waals surface area contributed by atoms with Crippen LogP contribution in [0.2, 0.25) is 5.02 Å². The quantitative estimate of drug-likeness (QED) is 0.379. The van der Waals surface area contributed by atoms with E-state index in [0.29, 0.717) is 36.1 Å². The average Bonchev–Trinajstić information content (AvgIpc) is 2.85. The number of hydrogen-bond acceptors (Lipinski definition) is 7. The van der Waals surface area contributed by atoms with Gasteiger partial charge >= 0.3 is 0 Å². The zero-order chi connectivity index (χ0) is 24.7.